The predicted octanol–water partition coefficient (Wildman–Crippen LogP) is 2.22. The van der Waals surface area contributed by atoms with Gasteiger partial charge in [-0.3, -0.25) is 0 Å². The summed E-state index contributed by atoms with van der Waals surface area (Å²) in [5.41, 5.74) is 0.869. The number of ether oxygens (including phenoxy) is 1. The van der Waals surface area contributed by atoms with Gasteiger partial charge in [0.15, 0.2) is 5.11 Å². The van der Waals surface area contributed by atoms with Crippen molar-refractivity contribution < 1.29 is 9.13 Å². The van der Waals surface area contributed by atoms with Crippen molar-refractivity contribution in [1.82, 2.24) is 10.6 Å². The Balaban J connectivity index is 2.13. The minimum absolute atomic E-state index is 0.232. The van der Waals surface area contributed by atoms with Gasteiger partial charge in [0.25, 0.3) is 0 Å². The Labute approximate surface area is 113 Å². The molecule has 0 saturated heterocycles. The number of benzene rings is 1. The molecule has 0 aromatic heterocycles. The Hall–Kier alpha value is -1.20. The highest BCUT2D eigenvalue weighted by molar-refractivity contribution is 7.80. The van der Waals surface area contributed by atoms with Crippen LogP contribution in [0, 0.1) is 5.82 Å². The lowest BCUT2D eigenvalue weighted by Crippen LogP contribution is -2.35. The van der Waals surface area contributed by atoms with E-state index in [1.807, 2.05) is 13.0 Å². The van der Waals surface area contributed by atoms with E-state index in [1.165, 1.54) is 12.1 Å². The molecule has 1 aromatic carbocycles. The first kappa shape index (κ1) is 14.9. The van der Waals surface area contributed by atoms with Gasteiger partial charge < -0.3 is 15.4 Å². The van der Waals surface area contributed by atoms with Crippen molar-refractivity contribution >= 4 is 17.3 Å². The third kappa shape index (κ3) is 6.51. The predicted molar refractivity (Wildman–Crippen MR) is 75.0 cm³/mol. The van der Waals surface area contributed by atoms with Crippen LogP contribution < -0.4 is 10.6 Å². The molecular weight excluding hydrogens is 251 g/mol. The van der Waals surface area contributed by atoms with E-state index in [1.54, 1.807) is 6.07 Å². The average molecular weight is 270 g/mol. The fourth-order valence-corrected chi connectivity index (χ4v) is 1.59. The van der Waals surface area contributed by atoms with Crippen LogP contribution in [-0.4, -0.2) is 24.9 Å². The highest BCUT2D eigenvalue weighted by atomic mass is 32.1. The monoisotopic (exact) mass is 270 g/mol. The zero-order valence-electron chi connectivity index (χ0n) is 10.5. The SMILES string of the molecule is CCOCCCNC(=S)NCc1cccc(F)c1. The molecule has 1 rings (SSSR count). The highest BCUT2D eigenvalue weighted by Crippen LogP contribution is 2.02. The lowest BCUT2D eigenvalue weighted by atomic mass is 10.2. The maximum Gasteiger partial charge on any atom is 0.166 e. The molecule has 0 aliphatic heterocycles. The molecular formula is C13H19FN2OS. The summed E-state index contributed by atoms with van der Waals surface area (Å²) < 4.78 is 18.1. The standard InChI is InChI=1S/C13H19FN2OS/c1-2-17-8-4-7-15-13(18)16-10-11-5-3-6-12(14)9-11/h3,5-6,9H,2,4,7-8,10H2,1H3,(H2,15,16,18). The van der Waals surface area contributed by atoms with Crippen LogP contribution in [0.1, 0.15) is 18.9 Å². The summed E-state index contributed by atoms with van der Waals surface area (Å²) in [6.07, 6.45) is 0.912. The van der Waals surface area contributed by atoms with Crippen molar-refractivity contribution in [3.8, 4) is 0 Å². The van der Waals surface area contributed by atoms with Crippen LogP contribution in [0.3, 0.4) is 0 Å². The first-order valence-corrected chi connectivity index (χ1v) is 6.47. The van der Waals surface area contributed by atoms with Gasteiger partial charge in [-0.15, -0.1) is 0 Å². The van der Waals surface area contributed by atoms with Gasteiger partial charge >= 0.3 is 0 Å². The van der Waals surface area contributed by atoms with E-state index in [9.17, 15) is 4.39 Å². The van der Waals surface area contributed by atoms with E-state index in [0.29, 0.717) is 11.7 Å². The second-order valence-electron chi connectivity index (χ2n) is 3.79. The molecule has 18 heavy (non-hydrogen) atoms. The highest BCUT2D eigenvalue weighted by Gasteiger charge is 1.97. The van der Waals surface area contributed by atoms with Crippen LogP contribution >= 0.6 is 12.2 Å². The Bertz CT molecular complexity index is 374. The molecule has 0 unspecified atom stereocenters. The summed E-state index contributed by atoms with van der Waals surface area (Å²) in [7, 11) is 0. The lowest BCUT2D eigenvalue weighted by molar-refractivity contribution is 0.145. The molecule has 1 aromatic rings. The zero-order valence-corrected chi connectivity index (χ0v) is 11.4. The zero-order chi connectivity index (χ0) is 13.2. The molecule has 3 nitrogen and oxygen atoms in total. The number of halogens is 1. The number of hydrogen-bond acceptors (Lipinski definition) is 2. The van der Waals surface area contributed by atoms with Crippen molar-refractivity contribution in [3.05, 3.63) is 35.6 Å². The quantitative estimate of drug-likeness (QED) is 0.588. The largest absolute Gasteiger partial charge is 0.382 e. The van der Waals surface area contributed by atoms with Crippen LogP contribution in [0.5, 0.6) is 0 Å². The molecule has 100 valence electrons. The molecule has 0 fully saturated rings. The third-order valence-corrected chi connectivity index (χ3v) is 2.59. The van der Waals surface area contributed by atoms with Gasteiger partial charge in [0.05, 0.1) is 0 Å². The Morgan fingerprint density at radius 1 is 1.39 bits per heavy atom. The van der Waals surface area contributed by atoms with E-state index in [2.05, 4.69) is 10.6 Å². The number of nitrogens with one attached hydrogen (secondary N) is 2. The van der Waals surface area contributed by atoms with Crippen LogP contribution in [0.2, 0.25) is 0 Å². The summed E-state index contributed by atoms with van der Waals surface area (Å²) in [4.78, 5) is 0. The molecule has 0 amide bonds. The molecule has 0 saturated carbocycles. The Morgan fingerprint density at radius 3 is 2.94 bits per heavy atom. The van der Waals surface area contributed by atoms with Crippen LogP contribution in [0.15, 0.2) is 24.3 Å². The van der Waals surface area contributed by atoms with Crippen LogP contribution in [-0.2, 0) is 11.3 Å². The van der Waals surface area contributed by atoms with Crippen molar-refractivity contribution in [2.45, 2.75) is 19.9 Å². The molecule has 0 radical (unpaired) electrons. The maximum atomic E-state index is 12.9. The van der Waals surface area contributed by atoms with Crippen molar-refractivity contribution in [1.29, 1.82) is 0 Å². The number of thiocarbonyl (C=S) groups is 1. The van der Waals surface area contributed by atoms with Crippen LogP contribution in [0.25, 0.3) is 0 Å². The fraction of sp³-hybridized carbons (Fsp3) is 0.462. The molecule has 0 spiro atoms. The minimum Gasteiger partial charge on any atom is -0.382 e. The third-order valence-electron chi connectivity index (χ3n) is 2.30. The van der Waals surface area contributed by atoms with Gasteiger partial charge in [0.1, 0.15) is 5.82 Å². The summed E-state index contributed by atoms with van der Waals surface area (Å²) in [5.74, 6) is -0.232. The first-order chi connectivity index (χ1) is 8.72. The molecule has 0 bridgehead atoms. The van der Waals surface area contributed by atoms with Crippen molar-refractivity contribution in [2.75, 3.05) is 19.8 Å². The molecule has 5 heteroatoms. The van der Waals surface area contributed by atoms with Gasteiger partial charge in [-0.2, -0.15) is 0 Å². The van der Waals surface area contributed by atoms with Crippen molar-refractivity contribution in [2.24, 2.45) is 0 Å². The normalized spacial score (nSPS) is 10.1. The van der Waals surface area contributed by atoms with E-state index in [-0.39, 0.29) is 5.82 Å². The van der Waals surface area contributed by atoms with Gasteiger partial charge in [-0.05, 0) is 43.3 Å². The average Bonchev–Trinajstić information content (AvgIpc) is 2.36. The van der Waals surface area contributed by atoms with Gasteiger partial charge in [-0.1, -0.05) is 12.1 Å². The van der Waals surface area contributed by atoms with Gasteiger partial charge in [0, 0.05) is 26.3 Å². The summed E-state index contributed by atoms with van der Waals surface area (Å²) >= 11 is 5.11. The maximum absolute atomic E-state index is 12.9. The Morgan fingerprint density at radius 2 is 2.22 bits per heavy atom. The van der Waals surface area contributed by atoms with E-state index >= 15 is 0 Å². The Kier molecular flexibility index (Phi) is 7.29. The number of hydrogen-bond donors (Lipinski definition) is 2. The van der Waals surface area contributed by atoms with E-state index in [0.717, 1.165) is 31.7 Å². The molecule has 0 atom stereocenters. The van der Waals surface area contributed by atoms with Crippen molar-refractivity contribution in [3.63, 3.8) is 0 Å². The second-order valence-corrected chi connectivity index (χ2v) is 4.20. The first-order valence-electron chi connectivity index (χ1n) is 6.06. The summed E-state index contributed by atoms with van der Waals surface area (Å²) in [6, 6.07) is 6.46. The summed E-state index contributed by atoms with van der Waals surface area (Å²) in [5, 5.41) is 6.68. The molecule has 0 heterocycles. The number of rotatable bonds is 7. The molecule has 0 aliphatic carbocycles. The lowest BCUT2D eigenvalue weighted by Gasteiger charge is -2.10. The topological polar surface area (TPSA) is 33.3 Å². The smallest absolute Gasteiger partial charge is 0.166 e. The fourth-order valence-electron chi connectivity index (χ4n) is 1.41. The van der Waals surface area contributed by atoms with Gasteiger partial charge in [0.2, 0.25) is 0 Å². The van der Waals surface area contributed by atoms with Crippen LogP contribution in [0.4, 0.5) is 4.39 Å². The van der Waals surface area contributed by atoms with E-state index in [4.69, 9.17) is 17.0 Å². The van der Waals surface area contributed by atoms with E-state index < -0.39 is 0 Å². The molecule has 0 aliphatic rings. The minimum atomic E-state index is -0.232. The molecule has 2 N–H and O–H groups in total. The van der Waals surface area contributed by atoms with Gasteiger partial charge in [-0.25, -0.2) is 4.39 Å². The summed E-state index contributed by atoms with van der Waals surface area (Å²) in [6.45, 7) is 4.74. The second kappa shape index (κ2) is 8.83.